The van der Waals surface area contributed by atoms with Gasteiger partial charge in [0.1, 0.15) is 0 Å². The molecule has 2 amide bonds. The quantitative estimate of drug-likeness (QED) is 0.681. The van der Waals surface area contributed by atoms with Crippen LogP contribution in [-0.4, -0.2) is 34.5 Å². The first-order chi connectivity index (χ1) is 12.0. The van der Waals surface area contributed by atoms with Gasteiger partial charge < -0.3 is 20.2 Å². The Hall–Kier alpha value is -2.41. The molecule has 0 saturated heterocycles. The summed E-state index contributed by atoms with van der Waals surface area (Å²) in [7, 11) is 0. The summed E-state index contributed by atoms with van der Waals surface area (Å²) in [5.74, 6) is 1.19. The van der Waals surface area contributed by atoms with E-state index in [4.69, 9.17) is 9.52 Å². The number of anilines is 1. The number of amides is 2. The summed E-state index contributed by atoms with van der Waals surface area (Å²) in [6, 6.07) is 5.30. The van der Waals surface area contributed by atoms with Gasteiger partial charge in [-0.1, -0.05) is 19.9 Å². The van der Waals surface area contributed by atoms with Gasteiger partial charge in [0.15, 0.2) is 0 Å². The van der Waals surface area contributed by atoms with Gasteiger partial charge in [-0.05, 0) is 49.3 Å². The van der Waals surface area contributed by atoms with Crippen LogP contribution in [-0.2, 0) is 0 Å². The molecule has 2 rings (SSSR count). The molecule has 0 spiro atoms. The van der Waals surface area contributed by atoms with Gasteiger partial charge >= 0.3 is 6.03 Å². The second-order valence-corrected chi connectivity index (χ2v) is 6.62. The van der Waals surface area contributed by atoms with Crippen molar-refractivity contribution in [3.8, 4) is 11.5 Å². The van der Waals surface area contributed by atoms with Crippen LogP contribution in [0.1, 0.15) is 32.3 Å². The maximum atomic E-state index is 12.2. The Morgan fingerprint density at radius 1 is 1.36 bits per heavy atom. The number of aliphatic hydroxyl groups is 1. The molecule has 1 heterocycles. The first-order valence-corrected chi connectivity index (χ1v) is 8.52. The molecule has 3 N–H and O–H groups in total. The van der Waals surface area contributed by atoms with Crippen molar-refractivity contribution in [1.29, 1.82) is 0 Å². The van der Waals surface area contributed by atoms with Gasteiger partial charge in [-0.2, -0.15) is 0 Å². The molecule has 2 aromatic rings. The van der Waals surface area contributed by atoms with Crippen LogP contribution in [0.2, 0.25) is 0 Å². The van der Waals surface area contributed by atoms with Crippen LogP contribution in [0.3, 0.4) is 0 Å². The van der Waals surface area contributed by atoms with Crippen molar-refractivity contribution in [2.45, 2.75) is 33.6 Å². The van der Waals surface area contributed by atoms with Crippen LogP contribution >= 0.6 is 0 Å². The average Bonchev–Trinajstić information content (AvgIpc) is 3.09. The van der Waals surface area contributed by atoms with Crippen LogP contribution in [0.15, 0.2) is 29.0 Å². The molecule has 1 unspecified atom stereocenters. The van der Waals surface area contributed by atoms with Crippen molar-refractivity contribution in [2.75, 3.05) is 18.5 Å². The molecule has 1 aromatic carbocycles. The summed E-state index contributed by atoms with van der Waals surface area (Å²) in [4.78, 5) is 12.2. The highest BCUT2D eigenvalue weighted by atomic mass is 16.4. The third kappa shape index (κ3) is 5.86. The van der Waals surface area contributed by atoms with Crippen LogP contribution < -0.4 is 10.6 Å². The van der Waals surface area contributed by atoms with Crippen molar-refractivity contribution in [3.05, 3.63) is 30.2 Å². The van der Waals surface area contributed by atoms with E-state index < -0.39 is 0 Å². The van der Waals surface area contributed by atoms with E-state index in [-0.39, 0.29) is 18.6 Å². The smallest absolute Gasteiger partial charge is 0.319 e. The van der Waals surface area contributed by atoms with E-state index in [1.54, 1.807) is 0 Å². The molecule has 1 aromatic heterocycles. The molecule has 0 saturated carbocycles. The number of hydrogen-bond acceptors (Lipinski definition) is 5. The number of rotatable bonds is 8. The molecule has 1 atom stereocenters. The van der Waals surface area contributed by atoms with Gasteiger partial charge in [0.2, 0.25) is 12.3 Å². The van der Waals surface area contributed by atoms with Gasteiger partial charge in [0.25, 0.3) is 0 Å². The zero-order chi connectivity index (χ0) is 18.2. The SMILES string of the molecule is Cc1ccc(-c2nnco2)cc1NC(=O)NCC(CCO)CC(C)C. The first-order valence-electron chi connectivity index (χ1n) is 8.52. The maximum absolute atomic E-state index is 12.2. The Morgan fingerprint density at radius 3 is 2.80 bits per heavy atom. The van der Waals surface area contributed by atoms with Crippen molar-refractivity contribution in [3.63, 3.8) is 0 Å². The second-order valence-electron chi connectivity index (χ2n) is 6.62. The lowest BCUT2D eigenvalue weighted by molar-refractivity contribution is 0.231. The lowest BCUT2D eigenvalue weighted by atomic mass is 9.94. The molecule has 0 bridgehead atoms. The highest BCUT2D eigenvalue weighted by molar-refractivity contribution is 5.90. The van der Waals surface area contributed by atoms with E-state index in [1.165, 1.54) is 6.39 Å². The number of aromatic nitrogens is 2. The van der Waals surface area contributed by atoms with Crippen molar-refractivity contribution in [2.24, 2.45) is 11.8 Å². The summed E-state index contributed by atoms with van der Waals surface area (Å²) in [6.45, 7) is 6.85. The second kappa shape index (κ2) is 9.17. The normalized spacial score (nSPS) is 12.2. The summed E-state index contributed by atoms with van der Waals surface area (Å²) in [6.07, 6.45) is 2.92. The molecule has 7 heteroatoms. The van der Waals surface area contributed by atoms with E-state index in [2.05, 4.69) is 34.7 Å². The molecule has 136 valence electrons. The lowest BCUT2D eigenvalue weighted by Gasteiger charge is -2.19. The highest BCUT2D eigenvalue weighted by Gasteiger charge is 2.13. The van der Waals surface area contributed by atoms with E-state index in [1.807, 2.05) is 25.1 Å². The molecule has 25 heavy (non-hydrogen) atoms. The van der Waals surface area contributed by atoms with Gasteiger partial charge in [0.05, 0.1) is 0 Å². The molecular formula is C18H26N4O3. The number of urea groups is 1. The first kappa shape index (κ1) is 18.9. The molecule has 0 radical (unpaired) electrons. The third-order valence-electron chi connectivity index (χ3n) is 3.99. The van der Waals surface area contributed by atoms with E-state index in [0.717, 1.165) is 17.5 Å². The van der Waals surface area contributed by atoms with Crippen LogP contribution in [0.25, 0.3) is 11.5 Å². The molecule has 0 aliphatic carbocycles. The maximum Gasteiger partial charge on any atom is 0.319 e. The van der Waals surface area contributed by atoms with E-state index in [9.17, 15) is 4.79 Å². The van der Waals surface area contributed by atoms with Crippen LogP contribution in [0, 0.1) is 18.8 Å². The van der Waals surface area contributed by atoms with Crippen LogP contribution in [0.4, 0.5) is 10.5 Å². The fourth-order valence-electron chi connectivity index (χ4n) is 2.74. The zero-order valence-corrected chi connectivity index (χ0v) is 15.0. The van der Waals surface area contributed by atoms with Gasteiger partial charge in [-0.3, -0.25) is 0 Å². The number of aliphatic hydroxyl groups excluding tert-OH is 1. The standard InChI is InChI=1S/C18H26N4O3/c1-12(2)8-14(6-7-23)10-19-18(24)21-16-9-15(5-4-13(16)3)17-22-20-11-25-17/h4-5,9,11-12,14,23H,6-8,10H2,1-3H3,(H2,19,21,24). The summed E-state index contributed by atoms with van der Waals surface area (Å²) < 4.78 is 5.19. The van der Waals surface area contributed by atoms with E-state index in [0.29, 0.717) is 30.5 Å². The van der Waals surface area contributed by atoms with Gasteiger partial charge in [-0.25, -0.2) is 4.79 Å². The van der Waals surface area contributed by atoms with Gasteiger partial charge in [-0.15, -0.1) is 10.2 Å². The minimum atomic E-state index is -0.266. The molecule has 0 aliphatic rings. The Morgan fingerprint density at radius 2 is 2.16 bits per heavy atom. The Kier molecular flexibility index (Phi) is 6.94. The lowest BCUT2D eigenvalue weighted by Crippen LogP contribution is -2.34. The number of carbonyl (C=O) groups is 1. The number of benzene rings is 1. The number of nitrogens with one attached hydrogen (secondary N) is 2. The van der Waals surface area contributed by atoms with Crippen molar-refractivity contribution < 1.29 is 14.3 Å². The Balaban J connectivity index is 1.96. The predicted octanol–water partition coefficient (Wildman–Crippen LogP) is 3.21. The van der Waals surface area contributed by atoms with Crippen LogP contribution in [0.5, 0.6) is 0 Å². The minimum Gasteiger partial charge on any atom is -0.423 e. The summed E-state index contributed by atoms with van der Waals surface area (Å²) in [5, 5.41) is 22.5. The summed E-state index contributed by atoms with van der Waals surface area (Å²) in [5.41, 5.74) is 2.37. The Bertz CT molecular complexity index is 671. The number of aryl methyl sites for hydroxylation is 1. The molecule has 0 fully saturated rings. The Labute approximate surface area is 147 Å². The minimum absolute atomic E-state index is 0.131. The zero-order valence-electron chi connectivity index (χ0n) is 15.0. The van der Waals surface area contributed by atoms with Crippen molar-refractivity contribution >= 4 is 11.7 Å². The fraction of sp³-hybridized carbons (Fsp3) is 0.500. The number of carbonyl (C=O) groups excluding carboxylic acids is 1. The molecule has 7 nitrogen and oxygen atoms in total. The number of nitrogens with zero attached hydrogens (tertiary/aromatic N) is 2. The third-order valence-corrected chi connectivity index (χ3v) is 3.99. The monoisotopic (exact) mass is 346 g/mol. The summed E-state index contributed by atoms with van der Waals surface area (Å²) >= 11 is 0. The molecular weight excluding hydrogens is 320 g/mol. The predicted molar refractivity (Wildman–Crippen MR) is 96.1 cm³/mol. The fourth-order valence-corrected chi connectivity index (χ4v) is 2.74. The van der Waals surface area contributed by atoms with Crippen molar-refractivity contribution in [1.82, 2.24) is 15.5 Å². The average molecular weight is 346 g/mol. The molecule has 0 aliphatic heterocycles. The number of hydrogen-bond donors (Lipinski definition) is 3. The van der Waals surface area contributed by atoms with Gasteiger partial charge in [0, 0.05) is 24.4 Å². The van der Waals surface area contributed by atoms with E-state index >= 15 is 0 Å². The largest absolute Gasteiger partial charge is 0.423 e. The highest BCUT2D eigenvalue weighted by Crippen LogP contribution is 2.23. The topological polar surface area (TPSA) is 100 Å².